The molecule has 1 heterocycles. The molecule has 5 nitrogen and oxygen atoms in total. The molecule has 5 heteroatoms. The zero-order chi connectivity index (χ0) is 10.9. The number of ether oxygens (including phenoxy) is 1. The highest BCUT2D eigenvalue weighted by Crippen LogP contribution is 2.39. The number of nitrogens with one attached hydrogen (secondary N) is 1. The van der Waals surface area contributed by atoms with Crippen molar-refractivity contribution in [2.75, 3.05) is 24.8 Å². The summed E-state index contributed by atoms with van der Waals surface area (Å²) in [6.45, 7) is 0.103. The van der Waals surface area contributed by atoms with Gasteiger partial charge in [-0.05, 0) is 18.9 Å². The van der Waals surface area contributed by atoms with Crippen molar-refractivity contribution in [1.82, 2.24) is 4.98 Å². The molecule has 1 fully saturated rings. The van der Waals surface area contributed by atoms with Gasteiger partial charge in [0.2, 0.25) is 5.88 Å². The Labute approximate surface area is 88.3 Å². The normalized spacial score (nSPS) is 17.2. The van der Waals surface area contributed by atoms with E-state index in [1.54, 1.807) is 19.2 Å². The van der Waals surface area contributed by atoms with E-state index in [1.165, 1.54) is 0 Å². The van der Waals surface area contributed by atoms with Crippen LogP contribution in [0.2, 0.25) is 0 Å². The van der Waals surface area contributed by atoms with Gasteiger partial charge in [-0.1, -0.05) is 0 Å². The summed E-state index contributed by atoms with van der Waals surface area (Å²) >= 11 is 0. The van der Waals surface area contributed by atoms with Gasteiger partial charge in [-0.15, -0.1) is 0 Å². The molecular formula is C10H15N3O2. The molecule has 2 rings (SSSR count). The molecule has 0 atom stereocenters. The number of hydrogen-bond donors (Lipinski definition) is 3. The predicted octanol–water partition coefficient (Wildman–Crippen LogP) is 0.609. The monoisotopic (exact) mass is 209 g/mol. The molecule has 1 aliphatic carbocycles. The van der Waals surface area contributed by atoms with Crippen LogP contribution in [0.5, 0.6) is 5.88 Å². The quantitative estimate of drug-likeness (QED) is 0.677. The Balaban J connectivity index is 2.19. The van der Waals surface area contributed by atoms with Gasteiger partial charge in [0, 0.05) is 6.07 Å². The molecular weight excluding hydrogens is 194 g/mol. The van der Waals surface area contributed by atoms with Gasteiger partial charge in [0.25, 0.3) is 0 Å². The molecule has 1 aromatic heterocycles. The number of pyridine rings is 1. The minimum atomic E-state index is -0.215. The van der Waals surface area contributed by atoms with Crippen LogP contribution in [0.15, 0.2) is 12.1 Å². The van der Waals surface area contributed by atoms with Crippen molar-refractivity contribution in [3.8, 4) is 5.88 Å². The first-order valence-electron chi connectivity index (χ1n) is 4.89. The van der Waals surface area contributed by atoms with Gasteiger partial charge >= 0.3 is 0 Å². The van der Waals surface area contributed by atoms with Crippen LogP contribution in [0.4, 0.5) is 11.5 Å². The van der Waals surface area contributed by atoms with E-state index in [0.717, 1.165) is 12.8 Å². The van der Waals surface area contributed by atoms with E-state index >= 15 is 0 Å². The number of aliphatic hydroxyl groups is 1. The molecule has 15 heavy (non-hydrogen) atoms. The van der Waals surface area contributed by atoms with E-state index in [4.69, 9.17) is 10.5 Å². The second-order valence-electron chi connectivity index (χ2n) is 3.85. The van der Waals surface area contributed by atoms with Crippen LogP contribution >= 0.6 is 0 Å². The number of nitrogens with zero attached hydrogens (tertiary/aromatic N) is 1. The summed E-state index contributed by atoms with van der Waals surface area (Å²) in [6, 6.07) is 3.45. The number of aliphatic hydroxyl groups excluding tert-OH is 1. The van der Waals surface area contributed by atoms with Gasteiger partial charge in [0.15, 0.2) is 5.82 Å². The van der Waals surface area contributed by atoms with Gasteiger partial charge in [0.1, 0.15) is 0 Å². The molecule has 0 aliphatic heterocycles. The topological polar surface area (TPSA) is 80.4 Å². The van der Waals surface area contributed by atoms with Crippen LogP contribution < -0.4 is 15.8 Å². The molecule has 0 aromatic carbocycles. The van der Waals surface area contributed by atoms with Crippen molar-refractivity contribution in [3.05, 3.63) is 12.1 Å². The Bertz CT molecular complexity index is 364. The van der Waals surface area contributed by atoms with Crippen molar-refractivity contribution in [2.45, 2.75) is 18.4 Å². The minimum absolute atomic E-state index is 0.103. The molecule has 0 amide bonds. The van der Waals surface area contributed by atoms with Crippen LogP contribution in [-0.2, 0) is 0 Å². The van der Waals surface area contributed by atoms with E-state index in [0.29, 0.717) is 17.4 Å². The summed E-state index contributed by atoms with van der Waals surface area (Å²) in [6.07, 6.45) is 1.89. The first-order valence-corrected chi connectivity index (χ1v) is 4.89. The van der Waals surface area contributed by atoms with Gasteiger partial charge in [0.05, 0.1) is 24.9 Å². The second kappa shape index (κ2) is 3.58. The standard InChI is InChI=1S/C10H15N3O2/c1-15-8-3-2-7(11)9(12-8)13-10(6-14)4-5-10/h2-3,14H,4-6,11H2,1H3,(H,12,13). The fraction of sp³-hybridized carbons (Fsp3) is 0.500. The molecule has 1 aliphatic rings. The minimum Gasteiger partial charge on any atom is -0.481 e. The maximum absolute atomic E-state index is 9.17. The first kappa shape index (κ1) is 10.0. The van der Waals surface area contributed by atoms with Gasteiger partial charge in [-0.3, -0.25) is 0 Å². The molecule has 4 N–H and O–H groups in total. The predicted molar refractivity (Wildman–Crippen MR) is 57.9 cm³/mol. The van der Waals surface area contributed by atoms with Crippen LogP contribution in [0, 0.1) is 0 Å². The van der Waals surface area contributed by atoms with Crippen LogP contribution in [0.1, 0.15) is 12.8 Å². The second-order valence-corrected chi connectivity index (χ2v) is 3.85. The first-order chi connectivity index (χ1) is 7.19. The number of anilines is 2. The third-order valence-electron chi connectivity index (χ3n) is 2.65. The summed E-state index contributed by atoms with van der Waals surface area (Å²) in [5.74, 6) is 1.10. The van der Waals surface area contributed by atoms with E-state index < -0.39 is 0 Å². The van der Waals surface area contributed by atoms with Crippen molar-refractivity contribution in [1.29, 1.82) is 0 Å². The summed E-state index contributed by atoms with van der Waals surface area (Å²) in [5.41, 5.74) is 6.12. The highest BCUT2D eigenvalue weighted by atomic mass is 16.5. The largest absolute Gasteiger partial charge is 0.481 e. The lowest BCUT2D eigenvalue weighted by Gasteiger charge is -2.16. The lowest BCUT2D eigenvalue weighted by molar-refractivity contribution is 0.266. The van der Waals surface area contributed by atoms with Gasteiger partial charge < -0.3 is 20.9 Å². The average Bonchev–Trinajstić information content (AvgIpc) is 3.02. The fourth-order valence-corrected chi connectivity index (χ4v) is 1.39. The fourth-order valence-electron chi connectivity index (χ4n) is 1.39. The van der Waals surface area contributed by atoms with E-state index in [9.17, 15) is 5.11 Å². The summed E-state index contributed by atoms with van der Waals surface area (Å²) < 4.78 is 5.01. The molecule has 0 spiro atoms. The zero-order valence-corrected chi connectivity index (χ0v) is 8.66. The molecule has 0 unspecified atom stereocenters. The zero-order valence-electron chi connectivity index (χ0n) is 8.66. The number of nitrogen functional groups attached to an aromatic ring is 1. The Morgan fingerprint density at radius 2 is 2.33 bits per heavy atom. The smallest absolute Gasteiger partial charge is 0.215 e. The number of rotatable bonds is 4. The summed E-state index contributed by atoms with van der Waals surface area (Å²) in [7, 11) is 1.56. The summed E-state index contributed by atoms with van der Waals surface area (Å²) in [4.78, 5) is 4.19. The molecule has 82 valence electrons. The van der Waals surface area contributed by atoms with Crippen LogP contribution in [-0.4, -0.2) is 29.3 Å². The Kier molecular flexibility index (Phi) is 2.40. The highest BCUT2D eigenvalue weighted by molar-refractivity contribution is 5.63. The number of aromatic nitrogens is 1. The van der Waals surface area contributed by atoms with Gasteiger partial charge in [-0.25, -0.2) is 0 Å². The SMILES string of the molecule is COc1ccc(N)c(NC2(CO)CC2)n1. The third-order valence-corrected chi connectivity index (χ3v) is 2.65. The molecule has 0 bridgehead atoms. The molecule has 0 saturated heterocycles. The third kappa shape index (κ3) is 1.97. The maximum Gasteiger partial charge on any atom is 0.215 e. The Hall–Kier alpha value is -1.49. The highest BCUT2D eigenvalue weighted by Gasteiger charge is 2.42. The van der Waals surface area contributed by atoms with E-state index in [2.05, 4.69) is 10.3 Å². The van der Waals surface area contributed by atoms with Crippen molar-refractivity contribution in [3.63, 3.8) is 0 Å². The van der Waals surface area contributed by atoms with Crippen molar-refractivity contribution in [2.24, 2.45) is 0 Å². The van der Waals surface area contributed by atoms with Gasteiger partial charge in [-0.2, -0.15) is 4.98 Å². The van der Waals surface area contributed by atoms with Crippen molar-refractivity contribution < 1.29 is 9.84 Å². The lowest BCUT2D eigenvalue weighted by Crippen LogP contribution is -2.26. The van der Waals surface area contributed by atoms with Crippen molar-refractivity contribution >= 4 is 11.5 Å². The lowest BCUT2D eigenvalue weighted by atomic mass is 10.3. The molecule has 0 radical (unpaired) electrons. The van der Waals surface area contributed by atoms with Crippen LogP contribution in [0.25, 0.3) is 0 Å². The Morgan fingerprint density at radius 3 is 2.87 bits per heavy atom. The van der Waals surface area contributed by atoms with E-state index in [-0.39, 0.29) is 12.1 Å². The number of nitrogens with two attached hydrogens (primary N) is 1. The Morgan fingerprint density at radius 1 is 1.60 bits per heavy atom. The molecule has 1 aromatic rings. The van der Waals surface area contributed by atoms with Crippen LogP contribution in [0.3, 0.4) is 0 Å². The average molecular weight is 209 g/mol. The summed E-state index contributed by atoms with van der Waals surface area (Å²) in [5, 5.41) is 12.3. The number of methoxy groups -OCH3 is 1. The maximum atomic E-state index is 9.17. The molecule has 1 saturated carbocycles. The van der Waals surface area contributed by atoms with E-state index in [1.807, 2.05) is 0 Å². The number of hydrogen-bond acceptors (Lipinski definition) is 5.